The molecule has 2 heterocycles. The van der Waals surface area contributed by atoms with Crippen molar-refractivity contribution in [3.63, 3.8) is 0 Å². The number of hydrogen-bond acceptors (Lipinski definition) is 7. The van der Waals surface area contributed by atoms with Gasteiger partial charge in [0, 0.05) is 30.7 Å². The summed E-state index contributed by atoms with van der Waals surface area (Å²) in [5.41, 5.74) is 1.58. The Balaban J connectivity index is 1.56. The third-order valence-electron chi connectivity index (χ3n) is 7.85. The van der Waals surface area contributed by atoms with Gasteiger partial charge in [-0.1, -0.05) is 60.2 Å². The summed E-state index contributed by atoms with van der Waals surface area (Å²) in [4.78, 5) is 4.29. The Morgan fingerprint density at radius 3 is 2.15 bits per heavy atom. The number of benzene rings is 2. The van der Waals surface area contributed by atoms with Crippen LogP contribution in [0.5, 0.6) is 0 Å². The zero-order valence-electron chi connectivity index (χ0n) is 22.3. The normalized spacial score (nSPS) is 22.4. The van der Waals surface area contributed by atoms with Crippen molar-refractivity contribution < 1.29 is 31.0 Å². The number of piperidine rings is 1. The third-order valence-corrected chi connectivity index (χ3v) is 9.80. The molecule has 40 heavy (non-hydrogen) atoms. The van der Waals surface area contributed by atoms with Gasteiger partial charge in [0.2, 0.25) is 0 Å². The predicted molar refractivity (Wildman–Crippen MR) is 155 cm³/mol. The van der Waals surface area contributed by atoms with Crippen LogP contribution in [0, 0.1) is 0 Å². The summed E-state index contributed by atoms with van der Waals surface area (Å²) in [5, 5.41) is 12.2. The van der Waals surface area contributed by atoms with E-state index in [1.165, 1.54) is 0 Å². The minimum Gasteiger partial charge on any atom is -0.385 e. The number of rotatable bonds is 11. The highest BCUT2D eigenvalue weighted by Crippen LogP contribution is 2.42. The van der Waals surface area contributed by atoms with E-state index in [0.29, 0.717) is 50.5 Å². The Kier molecular flexibility index (Phi) is 10.1. The van der Waals surface area contributed by atoms with Crippen LogP contribution in [-0.4, -0.2) is 78.5 Å². The van der Waals surface area contributed by atoms with Crippen LogP contribution in [0.3, 0.4) is 0 Å². The van der Waals surface area contributed by atoms with Gasteiger partial charge in [0.1, 0.15) is 0 Å². The fourth-order valence-corrected chi connectivity index (χ4v) is 6.97. The maximum Gasteiger partial charge on any atom is 0.264 e. The highest BCUT2D eigenvalue weighted by Gasteiger charge is 2.36. The first-order valence-corrected chi connectivity index (χ1v) is 17.1. The molecule has 2 aliphatic rings. The monoisotopic (exact) mass is 612 g/mol. The molecule has 2 aliphatic heterocycles. The van der Waals surface area contributed by atoms with E-state index in [2.05, 4.69) is 22.0 Å². The Morgan fingerprint density at radius 1 is 0.900 bits per heavy atom. The summed E-state index contributed by atoms with van der Waals surface area (Å²) < 4.78 is 63.2. The number of nitrogens with zero attached hydrogens (tertiary/aromatic N) is 2. The van der Waals surface area contributed by atoms with E-state index in [1.807, 2.05) is 42.5 Å². The highest BCUT2D eigenvalue weighted by atomic mass is 35.5. The first-order valence-electron chi connectivity index (χ1n) is 13.5. The molecule has 0 aliphatic carbocycles. The smallest absolute Gasteiger partial charge is 0.264 e. The summed E-state index contributed by atoms with van der Waals surface area (Å²) in [7, 11) is -8.08. The van der Waals surface area contributed by atoms with E-state index in [1.54, 1.807) is 6.07 Å². The lowest BCUT2D eigenvalue weighted by Crippen LogP contribution is -2.43. The van der Waals surface area contributed by atoms with Gasteiger partial charge >= 0.3 is 0 Å². The second-order valence-corrected chi connectivity index (χ2v) is 14.2. The van der Waals surface area contributed by atoms with Crippen LogP contribution < -0.4 is 0 Å². The van der Waals surface area contributed by atoms with Gasteiger partial charge in [-0.2, -0.15) is 16.8 Å². The van der Waals surface area contributed by atoms with Crippen LogP contribution in [0.4, 0.5) is 0 Å². The van der Waals surface area contributed by atoms with E-state index in [0.717, 1.165) is 23.1 Å². The Hall–Kier alpha value is -1.83. The quantitative estimate of drug-likeness (QED) is 0.252. The van der Waals surface area contributed by atoms with Gasteiger partial charge in [-0.15, -0.1) is 0 Å². The van der Waals surface area contributed by atoms with E-state index >= 15 is 0 Å². The molecule has 1 fully saturated rings. The molecule has 0 bridgehead atoms. The maximum atomic E-state index is 11.6. The summed E-state index contributed by atoms with van der Waals surface area (Å²) in [6.45, 7) is 2.11. The van der Waals surface area contributed by atoms with Gasteiger partial charge in [-0.3, -0.25) is 14.0 Å². The second-order valence-electron chi connectivity index (χ2n) is 10.7. The van der Waals surface area contributed by atoms with Gasteiger partial charge in [-0.25, -0.2) is 0 Å². The molecular weight excluding hydrogens is 576 g/mol. The van der Waals surface area contributed by atoms with Gasteiger partial charge in [0.25, 0.3) is 20.2 Å². The van der Waals surface area contributed by atoms with E-state index < -0.39 is 25.8 Å². The minimum atomic E-state index is -4.09. The summed E-state index contributed by atoms with van der Waals surface area (Å²) in [5.74, 6) is -0.621. The Bertz CT molecular complexity index is 1390. The van der Waals surface area contributed by atoms with Gasteiger partial charge in [0.15, 0.2) is 0 Å². The van der Waals surface area contributed by atoms with Crippen LogP contribution in [0.15, 0.2) is 60.7 Å². The topological polar surface area (TPSA) is 135 Å². The van der Waals surface area contributed by atoms with Crippen LogP contribution in [0.1, 0.15) is 60.9 Å². The van der Waals surface area contributed by atoms with Crippen molar-refractivity contribution in [3.8, 4) is 0 Å². The van der Waals surface area contributed by atoms with E-state index in [9.17, 15) is 26.5 Å². The number of hydrogen-bond donors (Lipinski definition) is 3. The second kappa shape index (κ2) is 13.0. The van der Waals surface area contributed by atoms with E-state index in [-0.39, 0.29) is 30.0 Å². The molecule has 220 valence electrons. The third kappa shape index (κ3) is 8.36. The number of likely N-dealkylation sites (tertiary alicyclic amines) is 1. The first kappa shape index (κ1) is 31.1. The molecule has 0 amide bonds. The molecule has 3 N–H and O–H groups in total. The minimum absolute atomic E-state index is 0.0219. The summed E-state index contributed by atoms with van der Waals surface area (Å²) >= 11 is 6.74. The summed E-state index contributed by atoms with van der Waals surface area (Å²) in [6.07, 6.45) is 6.40. The van der Waals surface area contributed by atoms with Crippen LogP contribution in [0.2, 0.25) is 5.02 Å². The molecule has 12 heteroatoms. The maximum absolute atomic E-state index is 11.6. The van der Waals surface area contributed by atoms with Crippen LogP contribution in [-0.2, 0) is 25.8 Å². The molecule has 1 saturated heterocycles. The Morgan fingerprint density at radius 2 is 1.52 bits per heavy atom. The Labute approximate surface area is 242 Å². The number of halogens is 1. The van der Waals surface area contributed by atoms with Crippen molar-refractivity contribution in [2.75, 3.05) is 37.7 Å². The van der Waals surface area contributed by atoms with Crippen molar-refractivity contribution in [1.29, 1.82) is 0 Å². The highest BCUT2D eigenvalue weighted by molar-refractivity contribution is 7.86. The molecule has 2 atom stereocenters. The molecule has 9 nitrogen and oxygen atoms in total. The molecule has 0 spiro atoms. The average Bonchev–Trinajstić information content (AvgIpc) is 2.89. The van der Waals surface area contributed by atoms with Crippen molar-refractivity contribution in [2.45, 2.75) is 49.8 Å². The molecular formula is C28H37ClN2O7S2. The molecule has 4 rings (SSSR count). The van der Waals surface area contributed by atoms with Gasteiger partial charge in [0.05, 0.1) is 23.1 Å². The van der Waals surface area contributed by atoms with Gasteiger partial charge < -0.3 is 10.0 Å². The zero-order valence-corrected chi connectivity index (χ0v) is 24.7. The lowest BCUT2D eigenvalue weighted by Gasteiger charge is -2.41. The van der Waals surface area contributed by atoms with Crippen LogP contribution in [0.25, 0.3) is 0 Å². The lowest BCUT2D eigenvalue weighted by molar-refractivity contribution is -0.0258. The van der Waals surface area contributed by atoms with Crippen molar-refractivity contribution in [3.05, 3.63) is 82.4 Å². The molecule has 2 aromatic carbocycles. The standard InChI is InChI=1S/C28H37ClN2O7S2/c29-25-12-11-23(28(32)13-17-30(18-14-28)15-5-19-39(33,34)35)21-24(25)27-10-4-9-26(22-7-2-1-3-8-22)31(27)16-6-20-40(36,37)38/h1-4,7-8,10-12,21,26-27,32H,5-6,9,13-20H2,(H,33,34,35)(H,36,37,38). The SMILES string of the molecule is O=S(=O)(O)CCCN1CCC(O)(c2ccc(Cl)c(C3C=CCC(c4ccccc4)N3CCCS(=O)(=O)O)c2)CC1. The zero-order chi connectivity index (χ0) is 29.0. The molecule has 0 saturated carbocycles. The fourth-order valence-electron chi connectivity index (χ4n) is 5.75. The lowest BCUT2D eigenvalue weighted by atomic mass is 9.82. The van der Waals surface area contributed by atoms with Crippen molar-refractivity contribution in [1.82, 2.24) is 9.80 Å². The molecule has 0 aromatic heterocycles. The number of aliphatic hydroxyl groups is 1. The first-order chi connectivity index (χ1) is 18.8. The largest absolute Gasteiger partial charge is 0.385 e. The molecule has 0 radical (unpaired) electrons. The average molecular weight is 613 g/mol. The molecule has 2 unspecified atom stereocenters. The van der Waals surface area contributed by atoms with Crippen LogP contribution >= 0.6 is 11.6 Å². The fraction of sp³-hybridized carbons (Fsp3) is 0.500. The van der Waals surface area contributed by atoms with Crippen molar-refractivity contribution in [2.24, 2.45) is 0 Å². The molecule has 2 aromatic rings. The predicted octanol–water partition coefficient (Wildman–Crippen LogP) is 4.22. The van der Waals surface area contributed by atoms with E-state index in [4.69, 9.17) is 16.2 Å². The summed E-state index contributed by atoms with van der Waals surface area (Å²) in [6, 6.07) is 15.3. The van der Waals surface area contributed by atoms with Gasteiger partial charge in [-0.05, 0) is 67.5 Å². The van der Waals surface area contributed by atoms with Crippen molar-refractivity contribution >= 4 is 31.8 Å².